The lowest BCUT2D eigenvalue weighted by molar-refractivity contribution is 0.0528. The smallest absolute Gasteiger partial charge is 0.341 e. The highest BCUT2D eigenvalue weighted by atomic mass is 16.5. The Morgan fingerprint density at radius 3 is 2.95 bits per heavy atom. The van der Waals surface area contributed by atoms with Crippen LogP contribution in [0.15, 0.2) is 24.5 Å². The summed E-state index contributed by atoms with van der Waals surface area (Å²) in [5.74, 6) is 0.365. The highest BCUT2D eigenvalue weighted by Gasteiger charge is 2.13. The lowest BCUT2D eigenvalue weighted by Gasteiger charge is -2.06. The Bertz CT molecular complexity index is 573. The summed E-state index contributed by atoms with van der Waals surface area (Å²) in [6, 6.07) is 4.08. The number of rotatable bonds is 5. The summed E-state index contributed by atoms with van der Waals surface area (Å²) in [5, 5.41) is 4.17. The first-order valence-corrected chi connectivity index (χ1v) is 6.75. The molecule has 2 aromatic rings. The summed E-state index contributed by atoms with van der Waals surface area (Å²) >= 11 is 0. The first kappa shape index (κ1) is 13.6. The van der Waals surface area contributed by atoms with Gasteiger partial charge in [0.2, 0.25) is 0 Å². The molecule has 0 saturated carbocycles. The van der Waals surface area contributed by atoms with Crippen LogP contribution in [-0.2, 0) is 11.2 Å². The van der Waals surface area contributed by atoms with Crippen LogP contribution >= 0.6 is 0 Å². The van der Waals surface area contributed by atoms with Crippen molar-refractivity contribution in [1.29, 1.82) is 0 Å². The summed E-state index contributed by atoms with van der Waals surface area (Å²) in [4.78, 5) is 11.8. The van der Waals surface area contributed by atoms with Crippen LogP contribution in [0, 0.1) is 5.92 Å². The molecule has 0 bridgehead atoms. The molecule has 0 fully saturated rings. The van der Waals surface area contributed by atoms with E-state index in [-0.39, 0.29) is 5.97 Å². The maximum atomic E-state index is 11.8. The molecule has 0 aliphatic carbocycles. The Morgan fingerprint density at radius 2 is 2.26 bits per heavy atom. The Labute approximate surface area is 113 Å². The fraction of sp³-hybridized carbons (Fsp3) is 0.467. The second-order valence-electron chi connectivity index (χ2n) is 5.08. The average molecular weight is 260 g/mol. The number of nitrogens with zero attached hydrogens (tertiary/aromatic N) is 2. The van der Waals surface area contributed by atoms with Gasteiger partial charge in [-0.1, -0.05) is 13.8 Å². The molecule has 0 saturated heterocycles. The number of ether oxygens (including phenoxy) is 1. The Hall–Kier alpha value is -1.84. The molecule has 2 rings (SSSR count). The van der Waals surface area contributed by atoms with Crippen LogP contribution < -0.4 is 0 Å². The van der Waals surface area contributed by atoms with Gasteiger partial charge in [0.25, 0.3) is 0 Å². The lowest BCUT2D eigenvalue weighted by Crippen LogP contribution is -2.04. The zero-order valence-electron chi connectivity index (χ0n) is 11.7. The molecule has 0 unspecified atom stereocenters. The largest absolute Gasteiger partial charge is 0.462 e. The highest BCUT2D eigenvalue weighted by Crippen LogP contribution is 2.16. The number of carbonyl (C=O) groups is 1. The SMILES string of the molecule is CCOC(=O)c1cnn2ccc(CCC(C)C)cc12. The summed E-state index contributed by atoms with van der Waals surface area (Å²) in [7, 11) is 0. The second-order valence-corrected chi connectivity index (χ2v) is 5.08. The van der Waals surface area contributed by atoms with Crippen molar-refractivity contribution in [1.82, 2.24) is 9.61 Å². The van der Waals surface area contributed by atoms with E-state index >= 15 is 0 Å². The van der Waals surface area contributed by atoms with E-state index in [1.165, 1.54) is 5.56 Å². The Kier molecular flexibility index (Phi) is 4.20. The van der Waals surface area contributed by atoms with Crippen LogP contribution in [0.1, 0.15) is 43.1 Å². The van der Waals surface area contributed by atoms with Gasteiger partial charge in [0.15, 0.2) is 0 Å². The first-order chi connectivity index (χ1) is 9.11. The molecule has 0 N–H and O–H groups in total. The van der Waals surface area contributed by atoms with Crippen molar-refractivity contribution >= 4 is 11.5 Å². The van der Waals surface area contributed by atoms with Crippen molar-refractivity contribution in [2.75, 3.05) is 6.61 Å². The average Bonchev–Trinajstić information content (AvgIpc) is 2.79. The molecule has 0 radical (unpaired) electrons. The molecule has 0 amide bonds. The second kappa shape index (κ2) is 5.87. The van der Waals surface area contributed by atoms with Crippen LogP contribution in [-0.4, -0.2) is 22.2 Å². The maximum absolute atomic E-state index is 11.8. The van der Waals surface area contributed by atoms with Gasteiger partial charge in [-0.25, -0.2) is 9.31 Å². The van der Waals surface area contributed by atoms with Crippen molar-refractivity contribution in [3.8, 4) is 0 Å². The Balaban J connectivity index is 2.29. The first-order valence-electron chi connectivity index (χ1n) is 6.75. The molecule has 4 heteroatoms. The molecule has 0 spiro atoms. The van der Waals surface area contributed by atoms with Crippen LogP contribution in [0.5, 0.6) is 0 Å². The maximum Gasteiger partial charge on any atom is 0.341 e. The molecule has 0 atom stereocenters. The number of carbonyl (C=O) groups excluding carboxylic acids is 1. The van der Waals surface area contributed by atoms with E-state index in [1.807, 2.05) is 12.3 Å². The highest BCUT2D eigenvalue weighted by molar-refractivity contribution is 5.96. The predicted octanol–water partition coefficient (Wildman–Crippen LogP) is 3.10. The summed E-state index contributed by atoms with van der Waals surface area (Å²) in [6.45, 7) is 6.60. The number of esters is 1. The van der Waals surface area contributed by atoms with Crippen LogP contribution in [0.4, 0.5) is 0 Å². The monoisotopic (exact) mass is 260 g/mol. The van der Waals surface area contributed by atoms with Crippen molar-refractivity contribution in [2.45, 2.75) is 33.6 Å². The zero-order valence-corrected chi connectivity index (χ0v) is 11.7. The summed E-state index contributed by atoms with van der Waals surface area (Å²) < 4.78 is 6.75. The molecule has 4 nitrogen and oxygen atoms in total. The predicted molar refractivity (Wildman–Crippen MR) is 74.3 cm³/mol. The van der Waals surface area contributed by atoms with Crippen LogP contribution in [0.2, 0.25) is 0 Å². The molecule has 19 heavy (non-hydrogen) atoms. The minimum Gasteiger partial charge on any atom is -0.462 e. The molecule has 2 aromatic heterocycles. The number of hydrogen-bond donors (Lipinski definition) is 0. The molecule has 0 aromatic carbocycles. The lowest BCUT2D eigenvalue weighted by atomic mass is 10.0. The topological polar surface area (TPSA) is 43.6 Å². The van der Waals surface area contributed by atoms with Crippen LogP contribution in [0.3, 0.4) is 0 Å². The molecule has 102 valence electrons. The van der Waals surface area contributed by atoms with E-state index in [2.05, 4.69) is 25.0 Å². The van der Waals surface area contributed by atoms with Gasteiger partial charge in [-0.3, -0.25) is 0 Å². The van der Waals surface area contributed by atoms with Crippen molar-refractivity contribution in [3.05, 3.63) is 35.7 Å². The number of aromatic nitrogens is 2. The normalized spacial score (nSPS) is 11.2. The molecule has 0 aliphatic rings. The van der Waals surface area contributed by atoms with E-state index in [1.54, 1.807) is 17.6 Å². The fourth-order valence-electron chi connectivity index (χ4n) is 2.00. The molecular weight excluding hydrogens is 240 g/mol. The van der Waals surface area contributed by atoms with Gasteiger partial charge in [-0.05, 0) is 43.4 Å². The van der Waals surface area contributed by atoms with Crippen molar-refractivity contribution in [2.24, 2.45) is 5.92 Å². The van der Waals surface area contributed by atoms with Gasteiger partial charge >= 0.3 is 5.97 Å². The number of pyridine rings is 1. The van der Waals surface area contributed by atoms with E-state index in [0.29, 0.717) is 18.1 Å². The fourth-order valence-corrected chi connectivity index (χ4v) is 2.00. The van der Waals surface area contributed by atoms with E-state index in [9.17, 15) is 4.79 Å². The van der Waals surface area contributed by atoms with E-state index in [0.717, 1.165) is 18.4 Å². The minimum atomic E-state index is -0.307. The summed E-state index contributed by atoms with van der Waals surface area (Å²) in [6.07, 6.45) is 5.62. The number of fused-ring (bicyclic) bond motifs is 1. The van der Waals surface area contributed by atoms with Crippen LogP contribution in [0.25, 0.3) is 5.52 Å². The number of hydrogen-bond acceptors (Lipinski definition) is 3. The number of aryl methyl sites for hydroxylation is 1. The third-order valence-corrected chi connectivity index (χ3v) is 3.09. The molecular formula is C15H20N2O2. The van der Waals surface area contributed by atoms with Gasteiger partial charge in [0, 0.05) is 6.20 Å². The van der Waals surface area contributed by atoms with Gasteiger partial charge < -0.3 is 4.74 Å². The molecule has 2 heterocycles. The van der Waals surface area contributed by atoms with E-state index in [4.69, 9.17) is 4.74 Å². The third kappa shape index (κ3) is 3.13. The van der Waals surface area contributed by atoms with Gasteiger partial charge in [0.1, 0.15) is 5.56 Å². The van der Waals surface area contributed by atoms with Gasteiger partial charge in [0.05, 0.1) is 18.3 Å². The quantitative estimate of drug-likeness (QED) is 0.776. The van der Waals surface area contributed by atoms with E-state index < -0.39 is 0 Å². The van der Waals surface area contributed by atoms with Crippen molar-refractivity contribution in [3.63, 3.8) is 0 Å². The standard InChI is InChI=1S/C15H20N2O2/c1-4-19-15(18)13-10-16-17-8-7-12(9-14(13)17)6-5-11(2)3/h7-11H,4-6H2,1-3H3. The Morgan fingerprint density at radius 1 is 1.47 bits per heavy atom. The van der Waals surface area contributed by atoms with Gasteiger partial charge in [-0.15, -0.1) is 0 Å². The third-order valence-electron chi connectivity index (χ3n) is 3.09. The van der Waals surface area contributed by atoms with Crippen molar-refractivity contribution < 1.29 is 9.53 Å². The zero-order chi connectivity index (χ0) is 13.8. The van der Waals surface area contributed by atoms with Gasteiger partial charge in [-0.2, -0.15) is 5.10 Å². The summed E-state index contributed by atoms with van der Waals surface area (Å²) in [5.41, 5.74) is 2.58. The minimum absolute atomic E-state index is 0.307. The molecule has 0 aliphatic heterocycles.